The quantitative estimate of drug-likeness (QED) is 0.634. The molecule has 1 saturated carbocycles. The van der Waals surface area contributed by atoms with Crippen molar-refractivity contribution in [3.63, 3.8) is 0 Å². The zero-order valence-electron chi connectivity index (χ0n) is 11.0. The second kappa shape index (κ2) is 5.99. The van der Waals surface area contributed by atoms with Crippen LogP contribution in [0.15, 0.2) is 0 Å². The SMILES string of the molecule is CNS(=O)(=O)CCNC(=O)C1(N)CCCC(C)C1. The molecule has 7 heteroatoms. The largest absolute Gasteiger partial charge is 0.353 e. The van der Waals surface area contributed by atoms with E-state index in [0.29, 0.717) is 18.8 Å². The highest BCUT2D eigenvalue weighted by atomic mass is 32.2. The lowest BCUT2D eigenvalue weighted by molar-refractivity contribution is -0.127. The van der Waals surface area contributed by atoms with Crippen molar-refractivity contribution in [2.45, 2.75) is 38.1 Å². The number of amides is 1. The minimum absolute atomic E-state index is 0.0926. The summed E-state index contributed by atoms with van der Waals surface area (Å²) in [5.74, 6) is 0.0804. The minimum atomic E-state index is -3.28. The highest BCUT2D eigenvalue weighted by Crippen LogP contribution is 2.30. The zero-order chi connectivity index (χ0) is 13.8. The van der Waals surface area contributed by atoms with Crippen molar-refractivity contribution in [1.82, 2.24) is 10.0 Å². The summed E-state index contributed by atoms with van der Waals surface area (Å²) in [6.07, 6.45) is 3.37. The van der Waals surface area contributed by atoms with E-state index in [-0.39, 0.29) is 18.2 Å². The highest BCUT2D eigenvalue weighted by molar-refractivity contribution is 7.89. The maximum atomic E-state index is 12.0. The fraction of sp³-hybridized carbons (Fsp3) is 0.909. The van der Waals surface area contributed by atoms with E-state index < -0.39 is 15.6 Å². The minimum Gasteiger partial charge on any atom is -0.353 e. The lowest BCUT2D eigenvalue weighted by atomic mass is 9.76. The maximum Gasteiger partial charge on any atom is 0.240 e. The Bertz CT molecular complexity index is 396. The predicted octanol–water partition coefficient (Wildman–Crippen LogP) is -0.441. The van der Waals surface area contributed by atoms with Gasteiger partial charge < -0.3 is 11.1 Å². The van der Waals surface area contributed by atoms with Gasteiger partial charge in [0.2, 0.25) is 15.9 Å². The van der Waals surface area contributed by atoms with Gasteiger partial charge in [-0.1, -0.05) is 19.8 Å². The second-order valence-electron chi connectivity index (χ2n) is 5.14. The van der Waals surface area contributed by atoms with E-state index >= 15 is 0 Å². The van der Waals surface area contributed by atoms with Crippen LogP contribution < -0.4 is 15.8 Å². The molecule has 1 fully saturated rings. The van der Waals surface area contributed by atoms with Crippen LogP contribution >= 0.6 is 0 Å². The van der Waals surface area contributed by atoms with Crippen LogP contribution in [-0.2, 0) is 14.8 Å². The van der Waals surface area contributed by atoms with E-state index in [1.54, 1.807) is 0 Å². The molecule has 1 amide bonds. The van der Waals surface area contributed by atoms with E-state index in [0.717, 1.165) is 12.8 Å². The molecule has 0 radical (unpaired) electrons. The summed E-state index contributed by atoms with van der Waals surface area (Å²) in [6, 6.07) is 0. The van der Waals surface area contributed by atoms with Crippen LogP contribution in [0.25, 0.3) is 0 Å². The van der Waals surface area contributed by atoms with Crippen molar-refractivity contribution in [3.8, 4) is 0 Å². The molecule has 0 aromatic carbocycles. The first-order valence-electron chi connectivity index (χ1n) is 6.27. The fourth-order valence-corrected chi connectivity index (χ4v) is 2.95. The summed E-state index contributed by atoms with van der Waals surface area (Å²) in [5.41, 5.74) is 5.27. The molecule has 1 aliphatic carbocycles. The molecule has 0 aromatic rings. The lowest BCUT2D eigenvalue weighted by Crippen LogP contribution is -2.56. The van der Waals surface area contributed by atoms with Crippen LogP contribution in [0, 0.1) is 5.92 Å². The van der Waals surface area contributed by atoms with Gasteiger partial charge in [-0.15, -0.1) is 0 Å². The maximum absolute atomic E-state index is 12.0. The van der Waals surface area contributed by atoms with Gasteiger partial charge in [-0.05, 0) is 25.8 Å². The molecule has 6 nitrogen and oxygen atoms in total. The van der Waals surface area contributed by atoms with Crippen molar-refractivity contribution < 1.29 is 13.2 Å². The third-order valence-corrected chi connectivity index (χ3v) is 4.82. The number of nitrogens with one attached hydrogen (secondary N) is 2. The van der Waals surface area contributed by atoms with Crippen molar-refractivity contribution in [1.29, 1.82) is 0 Å². The zero-order valence-corrected chi connectivity index (χ0v) is 11.8. The Labute approximate surface area is 109 Å². The molecule has 0 saturated heterocycles. The molecule has 106 valence electrons. The molecular formula is C11H23N3O3S. The summed E-state index contributed by atoms with van der Waals surface area (Å²) < 4.78 is 24.6. The number of hydrogen-bond donors (Lipinski definition) is 3. The van der Waals surface area contributed by atoms with Gasteiger partial charge in [0, 0.05) is 6.54 Å². The van der Waals surface area contributed by atoms with Crippen molar-refractivity contribution in [2.75, 3.05) is 19.3 Å². The molecule has 1 aliphatic rings. The second-order valence-corrected chi connectivity index (χ2v) is 7.18. The summed E-state index contributed by atoms with van der Waals surface area (Å²) in [4.78, 5) is 12.0. The molecule has 2 unspecified atom stereocenters. The summed E-state index contributed by atoms with van der Waals surface area (Å²) >= 11 is 0. The monoisotopic (exact) mass is 277 g/mol. The number of carbonyl (C=O) groups is 1. The molecule has 4 N–H and O–H groups in total. The first kappa shape index (κ1) is 15.4. The molecule has 0 aromatic heterocycles. The first-order valence-corrected chi connectivity index (χ1v) is 7.93. The van der Waals surface area contributed by atoms with Crippen LogP contribution in [0.5, 0.6) is 0 Å². The Morgan fingerprint density at radius 3 is 2.72 bits per heavy atom. The van der Waals surface area contributed by atoms with Crippen LogP contribution in [0.4, 0.5) is 0 Å². The van der Waals surface area contributed by atoms with Gasteiger partial charge in [0.1, 0.15) is 0 Å². The molecule has 0 spiro atoms. The van der Waals surface area contributed by atoms with Gasteiger partial charge in [0.05, 0.1) is 11.3 Å². The molecule has 2 atom stereocenters. The molecule has 0 aliphatic heterocycles. The highest BCUT2D eigenvalue weighted by Gasteiger charge is 2.37. The molecule has 0 heterocycles. The number of rotatable bonds is 5. The Morgan fingerprint density at radius 1 is 1.50 bits per heavy atom. The standard InChI is InChI=1S/C11H23N3O3S/c1-9-4-3-5-11(12,8-9)10(15)14-6-7-18(16,17)13-2/h9,13H,3-8,12H2,1-2H3,(H,14,15). The van der Waals surface area contributed by atoms with Gasteiger partial charge in [0.15, 0.2) is 0 Å². The normalized spacial score (nSPS) is 28.9. The molecule has 18 heavy (non-hydrogen) atoms. The van der Waals surface area contributed by atoms with E-state index in [4.69, 9.17) is 5.73 Å². The van der Waals surface area contributed by atoms with Crippen molar-refractivity contribution in [2.24, 2.45) is 11.7 Å². The third-order valence-electron chi connectivity index (χ3n) is 3.45. The predicted molar refractivity (Wildman–Crippen MR) is 70.4 cm³/mol. The lowest BCUT2D eigenvalue weighted by Gasteiger charge is -2.35. The van der Waals surface area contributed by atoms with Crippen molar-refractivity contribution >= 4 is 15.9 Å². The van der Waals surface area contributed by atoms with Gasteiger partial charge in [-0.25, -0.2) is 13.1 Å². The van der Waals surface area contributed by atoms with Gasteiger partial charge in [-0.2, -0.15) is 0 Å². The van der Waals surface area contributed by atoms with Crippen LogP contribution in [0.2, 0.25) is 0 Å². The Hall–Kier alpha value is -0.660. The first-order chi connectivity index (χ1) is 8.29. The van der Waals surface area contributed by atoms with Crippen LogP contribution in [-0.4, -0.2) is 39.2 Å². The number of hydrogen-bond acceptors (Lipinski definition) is 4. The smallest absolute Gasteiger partial charge is 0.240 e. The number of nitrogens with two attached hydrogens (primary N) is 1. The number of sulfonamides is 1. The third kappa shape index (κ3) is 4.22. The Morgan fingerprint density at radius 2 is 2.17 bits per heavy atom. The molecule has 1 rings (SSSR count). The van der Waals surface area contributed by atoms with Crippen molar-refractivity contribution in [3.05, 3.63) is 0 Å². The molecular weight excluding hydrogens is 254 g/mol. The van der Waals surface area contributed by atoms with Crippen LogP contribution in [0.3, 0.4) is 0 Å². The van der Waals surface area contributed by atoms with Gasteiger partial charge in [-0.3, -0.25) is 4.79 Å². The Kier molecular flexibility index (Phi) is 5.12. The summed E-state index contributed by atoms with van der Waals surface area (Å²) in [5, 5.41) is 2.62. The van der Waals surface area contributed by atoms with E-state index in [1.807, 2.05) is 0 Å². The van der Waals surface area contributed by atoms with E-state index in [9.17, 15) is 13.2 Å². The topological polar surface area (TPSA) is 101 Å². The van der Waals surface area contributed by atoms with E-state index in [2.05, 4.69) is 17.0 Å². The van der Waals surface area contributed by atoms with Gasteiger partial charge >= 0.3 is 0 Å². The van der Waals surface area contributed by atoms with Gasteiger partial charge in [0.25, 0.3) is 0 Å². The Balaban J connectivity index is 2.45. The van der Waals surface area contributed by atoms with Crippen LogP contribution in [0.1, 0.15) is 32.6 Å². The number of carbonyl (C=O) groups excluding carboxylic acids is 1. The average Bonchev–Trinajstić information content (AvgIpc) is 2.28. The molecule has 0 bridgehead atoms. The fourth-order valence-electron chi connectivity index (χ4n) is 2.38. The van der Waals surface area contributed by atoms with E-state index in [1.165, 1.54) is 7.05 Å². The summed E-state index contributed by atoms with van der Waals surface area (Å²) in [6.45, 7) is 2.18. The summed E-state index contributed by atoms with van der Waals surface area (Å²) in [7, 11) is -1.93. The average molecular weight is 277 g/mol.